The molecule has 2 aromatic carbocycles. The van der Waals surface area contributed by atoms with E-state index in [0.29, 0.717) is 0 Å². The van der Waals surface area contributed by atoms with Crippen LogP contribution in [0.15, 0.2) is 48.5 Å². The van der Waals surface area contributed by atoms with Crippen molar-refractivity contribution in [2.45, 2.75) is 45.1 Å². The predicted molar refractivity (Wildman–Crippen MR) is 110 cm³/mol. The number of hydrogen-bond acceptors (Lipinski definition) is 2. The summed E-state index contributed by atoms with van der Waals surface area (Å²) in [5, 5.41) is 2.39. The van der Waals surface area contributed by atoms with Crippen molar-refractivity contribution in [2.24, 2.45) is 0 Å². The molecule has 0 N–H and O–H groups in total. The van der Waals surface area contributed by atoms with Gasteiger partial charge in [-0.3, -0.25) is 4.90 Å². The molecule has 0 amide bonds. The highest BCUT2D eigenvalue weighted by molar-refractivity contribution is 7.01. The molecule has 1 aliphatic rings. The van der Waals surface area contributed by atoms with Crippen LogP contribution in [0.5, 0.6) is 0 Å². The second-order valence-electron chi connectivity index (χ2n) is 7.97. The van der Waals surface area contributed by atoms with Crippen LogP contribution in [-0.4, -0.2) is 44.8 Å². The third-order valence-corrected chi connectivity index (χ3v) is 10.2. The molecule has 5 heteroatoms. The molecule has 0 saturated carbocycles. The van der Waals surface area contributed by atoms with E-state index in [9.17, 15) is 8.78 Å². The average Bonchev–Trinajstić information content (AvgIpc) is 2.62. The van der Waals surface area contributed by atoms with Gasteiger partial charge in [0.15, 0.2) is 0 Å². The minimum absolute atomic E-state index is 0.217. The van der Waals surface area contributed by atoms with Gasteiger partial charge >= 0.3 is 0 Å². The van der Waals surface area contributed by atoms with E-state index >= 15 is 0 Å². The van der Waals surface area contributed by atoms with Crippen LogP contribution < -0.4 is 10.4 Å². The monoisotopic (exact) mass is 389 g/mol. The van der Waals surface area contributed by atoms with Crippen molar-refractivity contribution in [2.75, 3.05) is 19.6 Å². The first-order valence-corrected chi connectivity index (χ1v) is 12.5. The maximum Gasteiger partial charge on any atom is 0.123 e. The van der Waals surface area contributed by atoms with Crippen LogP contribution in [0, 0.1) is 11.6 Å². The number of halogens is 2. The molecule has 1 saturated heterocycles. The lowest BCUT2D eigenvalue weighted by Crippen LogP contribution is -2.56. The van der Waals surface area contributed by atoms with Crippen molar-refractivity contribution in [1.82, 2.24) is 4.90 Å². The maximum atomic E-state index is 13.4. The molecular formula is C22H29F2NOSi. The second-order valence-corrected chi connectivity index (χ2v) is 12.3. The molecule has 1 heterocycles. The van der Waals surface area contributed by atoms with Crippen molar-refractivity contribution in [3.63, 3.8) is 0 Å². The van der Waals surface area contributed by atoms with E-state index in [2.05, 4.69) is 25.3 Å². The molecule has 27 heavy (non-hydrogen) atoms. The zero-order chi connectivity index (χ0) is 19.4. The fraction of sp³-hybridized carbons (Fsp3) is 0.455. The molecule has 2 unspecified atom stereocenters. The Kier molecular flexibility index (Phi) is 6.45. The summed E-state index contributed by atoms with van der Waals surface area (Å²) in [5.74, 6) is -0.434. The Hall–Kier alpha value is -1.56. The first-order valence-electron chi connectivity index (χ1n) is 9.77. The highest BCUT2D eigenvalue weighted by Gasteiger charge is 2.32. The predicted octanol–water partition coefficient (Wildman–Crippen LogP) is 3.66. The number of benzene rings is 2. The van der Waals surface area contributed by atoms with Crippen molar-refractivity contribution >= 4 is 18.4 Å². The van der Waals surface area contributed by atoms with E-state index < -0.39 is 8.07 Å². The van der Waals surface area contributed by atoms with Gasteiger partial charge in [0.1, 0.15) is 19.7 Å². The Morgan fingerprint density at radius 3 is 1.78 bits per heavy atom. The third-order valence-electron chi connectivity index (χ3n) is 5.61. The lowest BCUT2D eigenvalue weighted by Gasteiger charge is -2.36. The van der Waals surface area contributed by atoms with Gasteiger partial charge in [-0.15, -0.1) is 0 Å². The molecule has 2 nitrogen and oxygen atoms in total. The molecule has 0 radical (unpaired) electrons. The highest BCUT2D eigenvalue weighted by Crippen LogP contribution is 2.17. The molecule has 3 rings (SSSR count). The first kappa shape index (κ1) is 20.2. The average molecular weight is 390 g/mol. The lowest BCUT2D eigenvalue weighted by atomic mass is 10.2. The summed E-state index contributed by atoms with van der Waals surface area (Å²) >= 11 is 0. The quantitative estimate of drug-likeness (QED) is 0.699. The van der Waals surface area contributed by atoms with Crippen molar-refractivity contribution in [3.8, 4) is 0 Å². The second kappa shape index (κ2) is 8.63. The van der Waals surface area contributed by atoms with Gasteiger partial charge in [0, 0.05) is 13.1 Å². The molecule has 2 aromatic rings. The zero-order valence-corrected chi connectivity index (χ0v) is 17.4. The number of nitrogens with zero attached hydrogens (tertiary/aromatic N) is 1. The van der Waals surface area contributed by atoms with Gasteiger partial charge in [-0.05, 0) is 57.1 Å². The molecular weight excluding hydrogens is 360 g/mol. The minimum atomic E-state index is -2.06. The fourth-order valence-electron chi connectivity index (χ4n) is 4.21. The topological polar surface area (TPSA) is 12.5 Å². The summed E-state index contributed by atoms with van der Waals surface area (Å²) < 4.78 is 32.7. The number of ether oxygens (including phenoxy) is 1. The summed E-state index contributed by atoms with van der Waals surface area (Å²) in [5.41, 5.74) is 0. The molecule has 0 bridgehead atoms. The van der Waals surface area contributed by atoms with Crippen molar-refractivity contribution in [3.05, 3.63) is 60.2 Å². The first-order chi connectivity index (χ1) is 12.9. The van der Waals surface area contributed by atoms with Crippen LogP contribution in [0.4, 0.5) is 8.78 Å². The van der Waals surface area contributed by atoms with Crippen LogP contribution in [0.3, 0.4) is 0 Å². The molecule has 2 atom stereocenters. The van der Waals surface area contributed by atoms with Gasteiger partial charge < -0.3 is 4.74 Å². The van der Waals surface area contributed by atoms with Gasteiger partial charge in [-0.2, -0.15) is 0 Å². The molecule has 1 fully saturated rings. The fourth-order valence-corrected chi connectivity index (χ4v) is 7.79. The summed E-state index contributed by atoms with van der Waals surface area (Å²) in [6.45, 7) is 9.52. The van der Waals surface area contributed by atoms with Crippen LogP contribution in [0.1, 0.15) is 20.3 Å². The third kappa shape index (κ3) is 5.03. The van der Waals surface area contributed by atoms with Gasteiger partial charge in [0.25, 0.3) is 0 Å². The van der Waals surface area contributed by atoms with E-state index in [1.54, 1.807) is 0 Å². The summed E-state index contributed by atoms with van der Waals surface area (Å²) in [7, 11) is -2.06. The Morgan fingerprint density at radius 1 is 0.889 bits per heavy atom. The summed E-state index contributed by atoms with van der Waals surface area (Å²) in [6, 6.07) is 14.8. The van der Waals surface area contributed by atoms with Gasteiger partial charge in [0.2, 0.25) is 0 Å². The SMILES string of the molecule is CC1CN(CCC[Si](C)(c2ccc(F)cc2)c2ccc(F)cc2)CC(C)O1. The Morgan fingerprint density at radius 2 is 1.33 bits per heavy atom. The van der Waals surface area contributed by atoms with E-state index in [1.807, 2.05) is 24.3 Å². The van der Waals surface area contributed by atoms with Gasteiger partial charge in [-0.25, -0.2) is 8.78 Å². The summed E-state index contributed by atoms with van der Waals surface area (Å²) in [4.78, 5) is 2.48. The molecule has 1 aliphatic heterocycles. The lowest BCUT2D eigenvalue weighted by molar-refractivity contribution is -0.0677. The molecule has 0 spiro atoms. The highest BCUT2D eigenvalue weighted by atomic mass is 28.3. The van der Waals surface area contributed by atoms with Crippen LogP contribution >= 0.6 is 0 Å². The van der Waals surface area contributed by atoms with Gasteiger partial charge in [-0.1, -0.05) is 41.2 Å². The van der Waals surface area contributed by atoms with Crippen molar-refractivity contribution in [1.29, 1.82) is 0 Å². The Bertz CT molecular complexity index is 679. The Labute approximate surface area is 162 Å². The van der Waals surface area contributed by atoms with E-state index in [1.165, 1.54) is 34.6 Å². The zero-order valence-electron chi connectivity index (χ0n) is 16.4. The van der Waals surface area contributed by atoms with Crippen LogP contribution in [0.25, 0.3) is 0 Å². The molecule has 0 aromatic heterocycles. The maximum absolute atomic E-state index is 13.4. The largest absolute Gasteiger partial charge is 0.373 e. The normalized spacial score (nSPS) is 21.4. The van der Waals surface area contributed by atoms with E-state index in [0.717, 1.165) is 32.1 Å². The van der Waals surface area contributed by atoms with E-state index in [-0.39, 0.29) is 23.8 Å². The standard InChI is InChI=1S/C22H29F2NOSi/c1-17-15-25(16-18(2)26-17)13-4-14-27(3,21-9-5-19(23)6-10-21)22-11-7-20(24)8-12-22/h5-12,17-18H,4,13-16H2,1-3H3. The number of hydrogen-bond donors (Lipinski definition) is 0. The van der Waals surface area contributed by atoms with Crippen molar-refractivity contribution < 1.29 is 13.5 Å². The molecule has 146 valence electrons. The minimum Gasteiger partial charge on any atom is -0.373 e. The Balaban J connectivity index is 1.76. The van der Waals surface area contributed by atoms with E-state index in [4.69, 9.17) is 4.74 Å². The molecule has 0 aliphatic carbocycles. The smallest absolute Gasteiger partial charge is 0.123 e. The summed E-state index contributed by atoms with van der Waals surface area (Å²) in [6.07, 6.45) is 1.61. The number of rotatable bonds is 6. The van der Waals surface area contributed by atoms with Gasteiger partial charge in [0.05, 0.1) is 12.2 Å². The number of morpholine rings is 1. The van der Waals surface area contributed by atoms with Crippen LogP contribution in [-0.2, 0) is 4.74 Å². The van der Waals surface area contributed by atoms with Crippen LogP contribution in [0.2, 0.25) is 12.6 Å².